The molecule has 1 aromatic carbocycles. The zero-order valence-corrected chi connectivity index (χ0v) is 15.7. The minimum atomic E-state index is -0.517. The Balaban J connectivity index is 3.34. The molecule has 4 nitrogen and oxygen atoms in total. The number of rotatable bonds is 10. The van der Waals surface area contributed by atoms with Gasteiger partial charge >= 0.3 is 11.9 Å². The van der Waals surface area contributed by atoms with Crippen molar-refractivity contribution in [1.29, 1.82) is 0 Å². The largest absolute Gasteiger partial charge is 0.462 e. The smallest absolute Gasteiger partial charge is 0.339 e. The summed E-state index contributed by atoms with van der Waals surface area (Å²) in [5.74, 6) is 0.0280. The lowest BCUT2D eigenvalue weighted by molar-refractivity contribution is 0.0478. The van der Waals surface area contributed by atoms with Gasteiger partial charge in [0.1, 0.15) is 0 Å². The van der Waals surface area contributed by atoms with Crippen LogP contribution in [0.15, 0.2) is 12.1 Å². The van der Waals surface area contributed by atoms with Crippen LogP contribution in [0.4, 0.5) is 0 Å². The predicted molar refractivity (Wildman–Crippen MR) is 96.4 cm³/mol. The van der Waals surface area contributed by atoms with Crippen molar-refractivity contribution in [3.05, 3.63) is 34.4 Å². The van der Waals surface area contributed by atoms with Crippen molar-refractivity contribution < 1.29 is 19.1 Å². The lowest BCUT2D eigenvalue weighted by Gasteiger charge is -2.15. The lowest BCUT2D eigenvalue weighted by Crippen LogP contribution is -2.16. The first-order chi connectivity index (χ1) is 11.6. The van der Waals surface area contributed by atoms with Crippen LogP contribution in [0.1, 0.15) is 58.5 Å². The van der Waals surface area contributed by atoms with Gasteiger partial charge in [-0.25, -0.2) is 9.59 Å². The summed E-state index contributed by atoms with van der Waals surface area (Å²) in [6.45, 7) is 3.94. The van der Waals surface area contributed by atoms with Crippen LogP contribution in [-0.2, 0) is 22.3 Å². The van der Waals surface area contributed by atoms with E-state index in [1.807, 2.05) is 0 Å². The van der Waals surface area contributed by atoms with Gasteiger partial charge in [-0.05, 0) is 62.8 Å². The van der Waals surface area contributed by atoms with Crippen molar-refractivity contribution in [2.24, 2.45) is 0 Å². The van der Waals surface area contributed by atoms with E-state index in [2.05, 4.69) is 0 Å². The van der Waals surface area contributed by atoms with Gasteiger partial charge in [-0.1, -0.05) is 0 Å². The number of hydrogen-bond donors (Lipinski definition) is 0. The molecule has 0 amide bonds. The van der Waals surface area contributed by atoms with E-state index in [9.17, 15) is 9.59 Å². The predicted octanol–water partition coefficient (Wildman–Crippen LogP) is 4.38. The number of esters is 2. The molecule has 1 rings (SSSR count). The number of carbonyl (C=O) groups excluding carboxylic acids is 2. The number of carbonyl (C=O) groups is 2. The van der Waals surface area contributed by atoms with Gasteiger partial charge in [0.25, 0.3) is 0 Å². The van der Waals surface area contributed by atoms with Crippen LogP contribution in [0, 0.1) is 0 Å². The molecule has 0 atom stereocenters. The molecule has 0 aliphatic heterocycles. The van der Waals surface area contributed by atoms with Crippen molar-refractivity contribution in [3.8, 4) is 0 Å². The Labute approximate surface area is 153 Å². The average molecular weight is 375 g/mol. The Morgan fingerprint density at radius 1 is 0.833 bits per heavy atom. The molecule has 6 heteroatoms. The van der Waals surface area contributed by atoms with Crippen molar-refractivity contribution >= 4 is 35.1 Å². The van der Waals surface area contributed by atoms with Crippen molar-refractivity contribution in [2.75, 3.05) is 25.0 Å². The Morgan fingerprint density at radius 3 is 1.50 bits per heavy atom. The van der Waals surface area contributed by atoms with E-state index >= 15 is 0 Å². The molecule has 0 aliphatic carbocycles. The van der Waals surface area contributed by atoms with Crippen LogP contribution in [0.5, 0.6) is 0 Å². The number of aryl methyl sites for hydroxylation is 2. The summed E-state index contributed by atoms with van der Waals surface area (Å²) < 4.78 is 10.2. The first-order valence-corrected chi connectivity index (χ1v) is 9.27. The molecule has 0 N–H and O–H groups in total. The van der Waals surface area contributed by atoms with E-state index in [4.69, 9.17) is 32.7 Å². The van der Waals surface area contributed by atoms with Crippen LogP contribution in [0.3, 0.4) is 0 Å². The molecule has 0 bridgehead atoms. The zero-order chi connectivity index (χ0) is 17.9. The third-order valence-electron chi connectivity index (χ3n) is 3.49. The summed E-state index contributed by atoms with van der Waals surface area (Å²) in [6, 6.07) is 3.47. The molecule has 0 fully saturated rings. The molecule has 0 spiro atoms. The zero-order valence-electron chi connectivity index (χ0n) is 14.2. The molecule has 0 aromatic heterocycles. The highest BCUT2D eigenvalue weighted by atomic mass is 35.5. The summed E-state index contributed by atoms with van der Waals surface area (Å²) in [5.41, 5.74) is 2.48. The molecule has 134 valence electrons. The van der Waals surface area contributed by atoms with Crippen LogP contribution in [-0.4, -0.2) is 36.9 Å². The Kier molecular flexibility index (Phi) is 9.80. The van der Waals surface area contributed by atoms with Gasteiger partial charge in [-0.15, -0.1) is 23.2 Å². The molecule has 0 aliphatic rings. The molecule has 0 unspecified atom stereocenters. The van der Waals surface area contributed by atoms with Crippen LogP contribution in [0.25, 0.3) is 0 Å². The standard InChI is InChI=1S/C18H24Cl2O4/c1-3-23-17(21)15-11-13(7-5-9-19)14(8-6-10-20)12-16(15)18(22)24-4-2/h11-12H,3-10H2,1-2H3. The van der Waals surface area contributed by atoms with Crippen molar-refractivity contribution in [2.45, 2.75) is 39.5 Å². The molecule has 0 heterocycles. The molecular formula is C18H24Cl2O4. The number of benzene rings is 1. The van der Waals surface area contributed by atoms with E-state index in [0.717, 1.165) is 36.8 Å². The van der Waals surface area contributed by atoms with Crippen LogP contribution >= 0.6 is 23.2 Å². The fourth-order valence-electron chi connectivity index (χ4n) is 2.42. The van der Waals surface area contributed by atoms with Gasteiger partial charge in [0.15, 0.2) is 0 Å². The van der Waals surface area contributed by atoms with Crippen molar-refractivity contribution in [3.63, 3.8) is 0 Å². The monoisotopic (exact) mass is 374 g/mol. The average Bonchev–Trinajstić information content (AvgIpc) is 2.58. The second-order valence-corrected chi connectivity index (χ2v) is 5.95. The van der Waals surface area contributed by atoms with Gasteiger partial charge in [-0.3, -0.25) is 0 Å². The fraction of sp³-hybridized carbons (Fsp3) is 0.556. The van der Waals surface area contributed by atoms with Gasteiger partial charge in [0.2, 0.25) is 0 Å². The highest BCUT2D eigenvalue weighted by Gasteiger charge is 2.22. The molecule has 24 heavy (non-hydrogen) atoms. The SMILES string of the molecule is CCOC(=O)c1cc(CCCCl)c(CCCCl)cc1C(=O)OCC. The Morgan fingerprint density at radius 2 is 1.21 bits per heavy atom. The molecule has 1 aromatic rings. The minimum absolute atomic E-state index is 0.242. The number of ether oxygens (including phenoxy) is 2. The third kappa shape index (κ3) is 5.99. The minimum Gasteiger partial charge on any atom is -0.462 e. The summed E-state index contributed by atoms with van der Waals surface area (Å²) in [4.78, 5) is 24.5. The first kappa shape index (κ1) is 20.8. The van der Waals surface area contributed by atoms with Crippen molar-refractivity contribution in [1.82, 2.24) is 0 Å². The maximum absolute atomic E-state index is 12.2. The summed E-state index contributed by atoms with van der Waals surface area (Å²) in [7, 11) is 0. The Bertz CT molecular complexity index is 509. The van der Waals surface area contributed by atoms with E-state index < -0.39 is 11.9 Å². The van der Waals surface area contributed by atoms with Gasteiger partial charge in [0, 0.05) is 11.8 Å². The Hall–Kier alpha value is -1.26. The number of hydrogen-bond acceptors (Lipinski definition) is 4. The van der Waals surface area contributed by atoms with E-state index in [0.29, 0.717) is 11.8 Å². The first-order valence-electron chi connectivity index (χ1n) is 8.20. The second kappa shape index (κ2) is 11.3. The van der Waals surface area contributed by atoms with Crippen LogP contribution in [0.2, 0.25) is 0 Å². The topological polar surface area (TPSA) is 52.6 Å². The molecule has 0 saturated heterocycles. The lowest BCUT2D eigenvalue weighted by atomic mass is 9.93. The van der Waals surface area contributed by atoms with E-state index in [1.54, 1.807) is 26.0 Å². The van der Waals surface area contributed by atoms with E-state index in [-0.39, 0.29) is 24.3 Å². The maximum atomic E-state index is 12.2. The molecular weight excluding hydrogens is 351 g/mol. The van der Waals surface area contributed by atoms with E-state index in [1.165, 1.54) is 0 Å². The highest BCUT2D eigenvalue weighted by molar-refractivity contribution is 6.18. The number of alkyl halides is 2. The quantitative estimate of drug-likeness (QED) is 0.450. The second-order valence-electron chi connectivity index (χ2n) is 5.19. The van der Waals surface area contributed by atoms with Gasteiger partial charge < -0.3 is 9.47 Å². The fourth-order valence-corrected chi connectivity index (χ4v) is 2.69. The van der Waals surface area contributed by atoms with Gasteiger partial charge in [0.05, 0.1) is 24.3 Å². The third-order valence-corrected chi connectivity index (χ3v) is 4.02. The number of halogens is 2. The summed E-state index contributed by atoms with van der Waals surface area (Å²) >= 11 is 11.6. The van der Waals surface area contributed by atoms with Crippen LogP contribution < -0.4 is 0 Å². The summed E-state index contributed by atoms with van der Waals surface area (Å²) in [6.07, 6.45) is 3.04. The molecule has 0 saturated carbocycles. The molecule has 0 radical (unpaired) electrons. The summed E-state index contributed by atoms with van der Waals surface area (Å²) in [5, 5.41) is 0. The van der Waals surface area contributed by atoms with Gasteiger partial charge in [-0.2, -0.15) is 0 Å². The highest BCUT2D eigenvalue weighted by Crippen LogP contribution is 2.23. The maximum Gasteiger partial charge on any atom is 0.339 e. The normalized spacial score (nSPS) is 10.5.